The number of anilines is 1. The summed E-state index contributed by atoms with van der Waals surface area (Å²) in [5.41, 5.74) is 5.30. The fourth-order valence-electron chi connectivity index (χ4n) is 1.15. The number of rotatable bonds is 9. The van der Waals surface area contributed by atoms with Crippen LogP contribution in [0.3, 0.4) is 0 Å². The number of hydrogen-bond acceptors (Lipinski definition) is 6. The van der Waals surface area contributed by atoms with Crippen molar-refractivity contribution in [1.29, 1.82) is 0 Å². The van der Waals surface area contributed by atoms with Crippen LogP contribution in [0.1, 0.15) is 13.3 Å². The van der Waals surface area contributed by atoms with E-state index in [0.717, 1.165) is 6.42 Å². The summed E-state index contributed by atoms with van der Waals surface area (Å²) < 4.78 is 10.6. The number of nitrogens with two attached hydrogens (primary N) is 1. The van der Waals surface area contributed by atoms with Crippen LogP contribution in [0.5, 0.6) is 5.88 Å². The van der Waals surface area contributed by atoms with Gasteiger partial charge in [-0.05, 0) is 6.42 Å². The van der Waals surface area contributed by atoms with Crippen molar-refractivity contribution in [2.75, 3.05) is 38.2 Å². The summed E-state index contributed by atoms with van der Waals surface area (Å²) in [6.45, 7) is 5.08. The van der Waals surface area contributed by atoms with Gasteiger partial charge in [0.2, 0.25) is 5.88 Å². The Morgan fingerprint density at radius 1 is 1.29 bits per heavy atom. The molecular formula is C11H20N4O2. The molecule has 96 valence electrons. The smallest absolute Gasteiger partial charge is 0.234 e. The standard InChI is InChI=1S/C11H20N4O2/c1-2-5-17-11-9-13-8-10(15-11)14-4-7-16-6-3-12/h8-9H,2-7,12H2,1H3,(H,14,15). The number of nitrogens with zero attached hydrogens (tertiary/aromatic N) is 2. The summed E-state index contributed by atoms with van der Waals surface area (Å²) in [6.07, 6.45) is 4.21. The molecule has 0 amide bonds. The zero-order valence-corrected chi connectivity index (χ0v) is 10.2. The lowest BCUT2D eigenvalue weighted by molar-refractivity contribution is 0.151. The lowest BCUT2D eigenvalue weighted by Gasteiger charge is -2.07. The Balaban J connectivity index is 2.27. The van der Waals surface area contributed by atoms with Crippen LogP contribution in [0.15, 0.2) is 12.4 Å². The highest BCUT2D eigenvalue weighted by Crippen LogP contribution is 2.08. The Labute approximate surface area is 102 Å². The van der Waals surface area contributed by atoms with Gasteiger partial charge >= 0.3 is 0 Å². The summed E-state index contributed by atoms with van der Waals surface area (Å²) in [5.74, 6) is 1.23. The van der Waals surface area contributed by atoms with E-state index < -0.39 is 0 Å². The van der Waals surface area contributed by atoms with E-state index in [1.54, 1.807) is 12.4 Å². The molecule has 6 heteroatoms. The van der Waals surface area contributed by atoms with Crippen molar-refractivity contribution in [3.8, 4) is 5.88 Å². The molecule has 0 bridgehead atoms. The summed E-state index contributed by atoms with van der Waals surface area (Å²) >= 11 is 0. The summed E-state index contributed by atoms with van der Waals surface area (Å²) in [7, 11) is 0. The molecule has 0 saturated carbocycles. The number of aromatic nitrogens is 2. The minimum atomic E-state index is 0.541. The largest absolute Gasteiger partial charge is 0.477 e. The number of ether oxygens (including phenoxy) is 2. The van der Waals surface area contributed by atoms with Crippen LogP contribution < -0.4 is 15.8 Å². The van der Waals surface area contributed by atoms with E-state index in [4.69, 9.17) is 15.2 Å². The van der Waals surface area contributed by atoms with E-state index in [2.05, 4.69) is 15.3 Å². The SMILES string of the molecule is CCCOc1cncc(NCCOCCN)n1. The Bertz CT molecular complexity index is 309. The molecule has 6 nitrogen and oxygen atoms in total. The topological polar surface area (TPSA) is 82.3 Å². The second kappa shape index (κ2) is 8.72. The minimum absolute atomic E-state index is 0.541. The maximum atomic E-state index is 5.38. The third kappa shape index (κ3) is 6.03. The van der Waals surface area contributed by atoms with Crippen LogP contribution in [0.2, 0.25) is 0 Å². The van der Waals surface area contributed by atoms with Crippen molar-refractivity contribution >= 4 is 5.82 Å². The van der Waals surface area contributed by atoms with E-state index in [9.17, 15) is 0 Å². The van der Waals surface area contributed by atoms with Gasteiger partial charge in [-0.2, -0.15) is 4.98 Å². The van der Waals surface area contributed by atoms with Gasteiger partial charge in [0.25, 0.3) is 0 Å². The molecule has 0 saturated heterocycles. The molecular weight excluding hydrogens is 220 g/mol. The first-order chi connectivity index (χ1) is 8.36. The molecule has 1 heterocycles. The summed E-state index contributed by atoms with van der Waals surface area (Å²) in [4.78, 5) is 8.29. The molecule has 1 aromatic heterocycles. The second-order valence-electron chi connectivity index (χ2n) is 3.42. The maximum absolute atomic E-state index is 5.38. The first-order valence-electron chi connectivity index (χ1n) is 5.83. The maximum Gasteiger partial charge on any atom is 0.234 e. The third-order valence-corrected chi connectivity index (χ3v) is 1.88. The Morgan fingerprint density at radius 2 is 2.18 bits per heavy atom. The van der Waals surface area contributed by atoms with Gasteiger partial charge < -0.3 is 20.5 Å². The Morgan fingerprint density at radius 3 is 2.94 bits per heavy atom. The summed E-state index contributed by atoms with van der Waals surface area (Å²) in [5, 5.41) is 3.10. The van der Waals surface area contributed by atoms with Crippen molar-refractivity contribution < 1.29 is 9.47 Å². The lowest BCUT2D eigenvalue weighted by Crippen LogP contribution is -2.15. The van der Waals surface area contributed by atoms with Crippen LogP contribution in [-0.4, -0.2) is 42.9 Å². The van der Waals surface area contributed by atoms with Gasteiger partial charge in [-0.15, -0.1) is 0 Å². The molecule has 0 atom stereocenters. The van der Waals surface area contributed by atoms with Gasteiger partial charge in [0.1, 0.15) is 5.82 Å². The van der Waals surface area contributed by atoms with Crippen molar-refractivity contribution in [2.45, 2.75) is 13.3 Å². The molecule has 0 aromatic carbocycles. The second-order valence-corrected chi connectivity index (χ2v) is 3.42. The van der Waals surface area contributed by atoms with E-state index >= 15 is 0 Å². The zero-order chi connectivity index (χ0) is 12.3. The molecule has 0 unspecified atom stereocenters. The number of hydrogen-bond donors (Lipinski definition) is 2. The average molecular weight is 240 g/mol. The molecule has 0 aliphatic carbocycles. The van der Waals surface area contributed by atoms with Crippen LogP contribution in [-0.2, 0) is 4.74 Å². The molecule has 0 aliphatic heterocycles. The van der Waals surface area contributed by atoms with Crippen LogP contribution >= 0.6 is 0 Å². The van der Waals surface area contributed by atoms with Crippen LogP contribution in [0.25, 0.3) is 0 Å². The van der Waals surface area contributed by atoms with Crippen molar-refractivity contribution in [1.82, 2.24) is 9.97 Å². The third-order valence-electron chi connectivity index (χ3n) is 1.88. The minimum Gasteiger partial charge on any atom is -0.477 e. The lowest BCUT2D eigenvalue weighted by atomic mass is 10.5. The van der Waals surface area contributed by atoms with Gasteiger partial charge in [-0.1, -0.05) is 6.92 Å². The first kappa shape index (κ1) is 13.7. The van der Waals surface area contributed by atoms with E-state index in [0.29, 0.717) is 44.6 Å². The molecule has 3 N–H and O–H groups in total. The van der Waals surface area contributed by atoms with Gasteiger partial charge in [-0.3, -0.25) is 4.98 Å². The fourth-order valence-corrected chi connectivity index (χ4v) is 1.15. The average Bonchev–Trinajstić information content (AvgIpc) is 2.37. The van der Waals surface area contributed by atoms with Gasteiger partial charge in [0.15, 0.2) is 0 Å². The molecule has 1 rings (SSSR count). The fraction of sp³-hybridized carbons (Fsp3) is 0.636. The molecule has 1 aromatic rings. The predicted octanol–water partition coefficient (Wildman–Crippen LogP) is 0.653. The van der Waals surface area contributed by atoms with E-state index in [1.807, 2.05) is 6.92 Å². The van der Waals surface area contributed by atoms with E-state index in [1.165, 1.54) is 0 Å². The highest BCUT2D eigenvalue weighted by Gasteiger charge is 1.98. The van der Waals surface area contributed by atoms with Crippen molar-refractivity contribution in [3.63, 3.8) is 0 Å². The highest BCUT2D eigenvalue weighted by atomic mass is 16.5. The molecule has 0 spiro atoms. The highest BCUT2D eigenvalue weighted by molar-refractivity contribution is 5.32. The normalized spacial score (nSPS) is 10.2. The Hall–Kier alpha value is -1.40. The monoisotopic (exact) mass is 240 g/mol. The Kier molecular flexibility index (Phi) is 7.01. The zero-order valence-electron chi connectivity index (χ0n) is 10.2. The van der Waals surface area contributed by atoms with E-state index in [-0.39, 0.29) is 0 Å². The first-order valence-corrected chi connectivity index (χ1v) is 5.83. The molecule has 0 aliphatic rings. The van der Waals surface area contributed by atoms with Gasteiger partial charge in [0.05, 0.1) is 32.2 Å². The molecule has 0 fully saturated rings. The van der Waals surface area contributed by atoms with Crippen molar-refractivity contribution in [2.24, 2.45) is 5.73 Å². The quantitative estimate of drug-likeness (QED) is 0.617. The van der Waals surface area contributed by atoms with Crippen LogP contribution in [0, 0.1) is 0 Å². The molecule has 17 heavy (non-hydrogen) atoms. The van der Waals surface area contributed by atoms with Crippen LogP contribution in [0.4, 0.5) is 5.82 Å². The predicted molar refractivity (Wildman–Crippen MR) is 66.2 cm³/mol. The van der Waals surface area contributed by atoms with Gasteiger partial charge in [-0.25, -0.2) is 0 Å². The number of nitrogens with one attached hydrogen (secondary N) is 1. The summed E-state index contributed by atoms with van der Waals surface area (Å²) in [6, 6.07) is 0. The molecule has 0 radical (unpaired) electrons. The van der Waals surface area contributed by atoms with Gasteiger partial charge in [0, 0.05) is 13.1 Å². The van der Waals surface area contributed by atoms with Crippen molar-refractivity contribution in [3.05, 3.63) is 12.4 Å².